The Morgan fingerprint density at radius 2 is 1.47 bits per heavy atom. The van der Waals surface area contributed by atoms with Gasteiger partial charge in [0, 0.05) is 18.6 Å². The van der Waals surface area contributed by atoms with Crippen LogP contribution in [0.4, 0.5) is 0 Å². The number of piperidine rings is 1. The van der Waals surface area contributed by atoms with Crippen LogP contribution in [0.3, 0.4) is 0 Å². The molecule has 0 amide bonds. The molecule has 1 N–H and O–H groups in total. The van der Waals surface area contributed by atoms with Crippen LogP contribution in [0.2, 0.25) is 0 Å². The van der Waals surface area contributed by atoms with Crippen LogP contribution in [0.15, 0.2) is 0 Å². The SMILES string of the molecule is C1CCCN(CC2CCC3CCCCC3N2)CCC1. The molecule has 2 saturated heterocycles. The van der Waals surface area contributed by atoms with Crippen molar-refractivity contribution in [1.29, 1.82) is 0 Å². The van der Waals surface area contributed by atoms with Gasteiger partial charge in [0.2, 0.25) is 0 Å². The molecule has 0 aromatic carbocycles. The summed E-state index contributed by atoms with van der Waals surface area (Å²) in [6.07, 6.45) is 16.1. The number of likely N-dealkylation sites (tertiary alicyclic amines) is 1. The molecule has 2 nitrogen and oxygen atoms in total. The third-order valence-corrected chi connectivity index (χ3v) is 5.67. The van der Waals surface area contributed by atoms with E-state index < -0.39 is 0 Å². The molecule has 0 spiro atoms. The molecule has 1 saturated carbocycles. The van der Waals surface area contributed by atoms with Crippen LogP contribution in [0.5, 0.6) is 0 Å². The molecule has 0 bridgehead atoms. The highest BCUT2D eigenvalue weighted by Crippen LogP contribution is 2.32. The minimum atomic E-state index is 0.791. The van der Waals surface area contributed by atoms with Crippen LogP contribution in [-0.2, 0) is 0 Å². The second kappa shape index (κ2) is 7.08. The summed E-state index contributed by atoms with van der Waals surface area (Å²) in [4.78, 5) is 2.75. The number of hydrogen-bond donors (Lipinski definition) is 1. The lowest BCUT2D eigenvalue weighted by atomic mass is 9.77. The van der Waals surface area contributed by atoms with Gasteiger partial charge in [0.15, 0.2) is 0 Å². The quantitative estimate of drug-likeness (QED) is 0.820. The molecule has 0 aromatic heterocycles. The Kier molecular flexibility index (Phi) is 5.17. The monoisotopic (exact) mass is 264 g/mol. The summed E-state index contributed by atoms with van der Waals surface area (Å²) in [5.41, 5.74) is 0. The van der Waals surface area contributed by atoms with Crippen molar-refractivity contribution in [1.82, 2.24) is 10.2 Å². The van der Waals surface area contributed by atoms with E-state index in [0.29, 0.717) is 0 Å². The first-order valence-corrected chi connectivity index (χ1v) is 8.90. The van der Waals surface area contributed by atoms with E-state index in [1.807, 2.05) is 0 Å². The first-order chi connectivity index (χ1) is 9.42. The van der Waals surface area contributed by atoms with Crippen LogP contribution < -0.4 is 5.32 Å². The highest BCUT2D eigenvalue weighted by atomic mass is 15.2. The van der Waals surface area contributed by atoms with Gasteiger partial charge in [-0.1, -0.05) is 32.1 Å². The Bertz CT molecular complexity index is 258. The number of rotatable bonds is 2. The van der Waals surface area contributed by atoms with E-state index in [2.05, 4.69) is 10.2 Å². The van der Waals surface area contributed by atoms with Crippen LogP contribution in [0, 0.1) is 5.92 Å². The Morgan fingerprint density at radius 1 is 0.737 bits per heavy atom. The van der Waals surface area contributed by atoms with E-state index in [0.717, 1.165) is 18.0 Å². The topological polar surface area (TPSA) is 15.3 Å². The molecular formula is C17H32N2. The predicted octanol–water partition coefficient (Wildman–Crippen LogP) is 3.56. The van der Waals surface area contributed by atoms with Gasteiger partial charge < -0.3 is 10.2 Å². The number of nitrogens with zero attached hydrogens (tertiary/aromatic N) is 1. The van der Waals surface area contributed by atoms with Gasteiger partial charge in [-0.3, -0.25) is 0 Å². The maximum atomic E-state index is 4.00. The Balaban J connectivity index is 1.46. The summed E-state index contributed by atoms with van der Waals surface area (Å²) >= 11 is 0. The lowest BCUT2D eigenvalue weighted by Crippen LogP contribution is -2.53. The fourth-order valence-corrected chi connectivity index (χ4v) is 4.53. The number of hydrogen-bond acceptors (Lipinski definition) is 2. The molecule has 3 rings (SSSR count). The molecule has 19 heavy (non-hydrogen) atoms. The summed E-state index contributed by atoms with van der Waals surface area (Å²) in [7, 11) is 0. The first-order valence-electron chi connectivity index (χ1n) is 8.90. The van der Waals surface area contributed by atoms with Crippen LogP contribution in [0.25, 0.3) is 0 Å². The molecule has 2 heterocycles. The van der Waals surface area contributed by atoms with Gasteiger partial charge in [-0.25, -0.2) is 0 Å². The zero-order chi connectivity index (χ0) is 12.9. The zero-order valence-corrected chi connectivity index (χ0v) is 12.6. The van der Waals surface area contributed by atoms with Gasteiger partial charge in [0.1, 0.15) is 0 Å². The summed E-state index contributed by atoms with van der Waals surface area (Å²) in [6, 6.07) is 1.65. The van der Waals surface area contributed by atoms with Gasteiger partial charge in [0.05, 0.1) is 0 Å². The van der Waals surface area contributed by atoms with Gasteiger partial charge in [0.25, 0.3) is 0 Å². The summed E-state index contributed by atoms with van der Waals surface area (Å²) in [6.45, 7) is 4.03. The molecule has 3 fully saturated rings. The van der Waals surface area contributed by atoms with Crippen LogP contribution >= 0.6 is 0 Å². The number of fused-ring (bicyclic) bond motifs is 1. The highest BCUT2D eigenvalue weighted by molar-refractivity contribution is 4.90. The third kappa shape index (κ3) is 3.95. The lowest BCUT2D eigenvalue weighted by molar-refractivity contribution is 0.139. The molecule has 3 aliphatic rings. The molecule has 3 atom stereocenters. The minimum Gasteiger partial charge on any atom is -0.310 e. The normalized spacial score (nSPS) is 38.2. The Morgan fingerprint density at radius 3 is 2.32 bits per heavy atom. The van der Waals surface area contributed by atoms with Crippen LogP contribution in [0.1, 0.15) is 70.6 Å². The molecule has 0 aromatic rings. The van der Waals surface area contributed by atoms with Crippen molar-refractivity contribution in [3.8, 4) is 0 Å². The van der Waals surface area contributed by atoms with Crippen molar-refractivity contribution in [2.24, 2.45) is 5.92 Å². The van der Waals surface area contributed by atoms with Gasteiger partial charge in [-0.2, -0.15) is 0 Å². The summed E-state index contributed by atoms with van der Waals surface area (Å²) < 4.78 is 0. The van der Waals surface area contributed by atoms with E-state index in [1.54, 1.807) is 0 Å². The van der Waals surface area contributed by atoms with E-state index in [9.17, 15) is 0 Å². The first kappa shape index (κ1) is 13.9. The summed E-state index contributed by atoms with van der Waals surface area (Å²) in [5.74, 6) is 1.01. The Labute approximate surface area is 119 Å². The lowest BCUT2D eigenvalue weighted by Gasteiger charge is -2.42. The largest absolute Gasteiger partial charge is 0.310 e. The summed E-state index contributed by atoms with van der Waals surface area (Å²) in [5, 5.41) is 4.00. The fraction of sp³-hybridized carbons (Fsp3) is 1.00. The average molecular weight is 264 g/mol. The van der Waals surface area contributed by atoms with Crippen molar-refractivity contribution >= 4 is 0 Å². The van der Waals surface area contributed by atoms with Crippen LogP contribution in [-0.4, -0.2) is 36.6 Å². The average Bonchev–Trinajstić information content (AvgIpc) is 2.41. The Hall–Kier alpha value is -0.0800. The van der Waals surface area contributed by atoms with E-state index in [4.69, 9.17) is 0 Å². The molecular weight excluding hydrogens is 232 g/mol. The maximum absolute atomic E-state index is 4.00. The van der Waals surface area contributed by atoms with E-state index >= 15 is 0 Å². The van der Waals surface area contributed by atoms with Crippen molar-refractivity contribution in [3.05, 3.63) is 0 Å². The minimum absolute atomic E-state index is 0.791. The molecule has 0 radical (unpaired) electrons. The van der Waals surface area contributed by atoms with Crippen molar-refractivity contribution in [2.75, 3.05) is 19.6 Å². The molecule has 2 heteroatoms. The van der Waals surface area contributed by atoms with E-state index in [1.165, 1.54) is 90.3 Å². The van der Waals surface area contributed by atoms with Crippen molar-refractivity contribution in [3.63, 3.8) is 0 Å². The second-order valence-electron chi connectivity index (χ2n) is 7.16. The fourth-order valence-electron chi connectivity index (χ4n) is 4.53. The van der Waals surface area contributed by atoms with E-state index in [-0.39, 0.29) is 0 Å². The second-order valence-corrected chi connectivity index (χ2v) is 7.16. The van der Waals surface area contributed by atoms with Crippen molar-refractivity contribution in [2.45, 2.75) is 82.7 Å². The molecule has 3 unspecified atom stereocenters. The highest BCUT2D eigenvalue weighted by Gasteiger charge is 2.32. The zero-order valence-electron chi connectivity index (χ0n) is 12.6. The number of nitrogens with one attached hydrogen (secondary N) is 1. The van der Waals surface area contributed by atoms with Gasteiger partial charge in [-0.05, 0) is 57.5 Å². The molecule has 2 aliphatic heterocycles. The van der Waals surface area contributed by atoms with Gasteiger partial charge in [-0.15, -0.1) is 0 Å². The van der Waals surface area contributed by atoms with Crippen molar-refractivity contribution < 1.29 is 0 Å². The molecule has 1 aliphatic carbocycles. The molecule has 110 valence electrons. The predicted molar refractivity (Wildman–Crippen MR) is 81.4 cm³/mol. The third-order valence-electron chi connectivity index (χ3n) is 5.67. The van der Waals surface area contributed by atoms with Gasteiger partial charge >= 0.3 is 0 Å². The standard InChI is InChI=1S/C17H32N2/c1-2-6-12-19(13-7-3-1)14-16-11-10-15-8-4-5-9-17(15)18-16/h15-18H,1-14H2. The smallest absolute Gasteiger partial charge is 0.0197 e. The maximum Gasteiger partial charge on any atom is 0.0197 e.